The Kier molecular flexibility index (Phi) is 5.94. The molecule has 1 aliphatic heterocycles. The van der Waals surface area contributed by atoms with Crippen molar-refractivity contribution in [2.45, 2.75) is 32.4 Å². The first-order chi connectivity index (χ1) is 14.3. The third-order valence-electron chi connectivity index (χ3n) is 4.91. The summed E-state index contributed by atoms with van der Waals surface area (Å²) in [6.45, 7) is 8.98. The Labute approximate surface area is 184 Å². The summed E-state index contributed by atoms with van der Waals surface area (Å²) in [5.74, 6) is 0.448. The van der Waals surface area contributed by atoms with E-state index < -0.39 is 8.07 Å². The molecule has 7 nitrogen and oxygen atoms in total. The van der Waals surface area contributed by atoms with Crippen molar-refractivity contribution in [2.24, 2.45) is 0 Å². The van der Waals surface area contributed by atoms with Gasteiger partial charge in [-0.1, -0.05) is 25.7 Å². The maximum absolute atomic E-state index is 12.2. The average molecular weight is 489 g/mol. The molecule has 0 saturated carbocycles. The number of carbonyl (C=O) groups excluding carboxylic acids is 1. The fourth-order valence-electron chi connectivity index (χ4n) is 3.26. The van der Waals surface area contributed by atoms with Gasteiger partial charge in [0, 0.05) is 36.3 Å². The molecule has 0 saturated heterocycles. The molecular formula is C21H25BrN4O3Si. The molecule has 1 N–H and O–H groups in total. The SMILES string of the molecule is C[Si](C)(C)CCOCn1nc(-c2ccc3c(c2)OCCNC3=O)c2cc(Br)cnc21. The zero-order chi connectivity index (χ0) is 21.3. The molecule has 0 fully saturated rings. The second-order valence-corrected chi connectivity index (χ2v) is 15.1. The summed E-state index contributed by atoms with van der Waals surface area (Å²) in [4.78, 5) is 16.7. The van der Waals surface area contributed by atoms with Gasteiger partial charge in [0.25, 0.3) is 5.91 Å². The lowest BCUT2D eigenvalue weighted by atomic mass is 10.1. The number of benzene rings is 1. The number of amides is 1. The van der Waals surface area contributed by atoms with E-state index in [-0.39, 0.29) is 5.91 Å². The standard InChI is InChI=1S/C21H25BrN4O3Si/c1-30(2,3)9-8-28-13-26-20-17(11-15(22)12-24-20)19(25-26)14-4-5-16-18(10-14)29-7-6-23-21(16)27/h4-5,10-12H,6-9,13H2,1-3H3,(H,23,27). The molecule has 2 aromatic heterocycles. The van der Waals surface area contributed by atoms with E-state index in [0.29, 0.717) is 37.8 Å². The van der Waals surface area contributed by atoms with Crippen molar-refractivity contribution >= 4 is 40.9 Å². The normalized spacial score (nSPS) is 14.2. The fourth-order valence-corrected chi connectivity index (χ4v) is 4.35. The van der Waals surface area contributed by atoms with E-state index >= 15 is 0 Å². The van der Waals surface area contributed by atoms with Crippen LogP contribution in [0.15, 0.2) is 34.9 Å². The van der Waals surface area contributed by atoms with Crippen LogP contribution in [0.2, 0.25) is 25.7 Å². The van der Waals surface area contributed by atoms with Crippen LogP contribution >= 0.6 is 15.9 Å². The van der Waals surface area contributed by atoms with E-state index in [2.05, 4.69) is 45.9 Å². The van der Waals surface area contributed by atoms with Crippen molar-refractivity contribution in [1.82, 2.24) is 20.1 Å². The minimum Gasteiger partial charge on any atom is -0.491 e. The lowest BCUT2D eigenvalue weighted by Crippen LogP contribution is -2.24. The average Bonchev–Trinajstić information content (AvgIpc) is 2.94. The zero-order valence-electron chi connectivity index (χ0n) is 17.4. The summed E-state index contributed by atoms with van der Waals surface area (Å²) in [7, 11) is -1.15. The Hall–Kier alpha value is -2.23. The molecule has 0 aliphatic carbocycles. The Balaban J connectivity index is 1.68. The quantitative estimate of drug-likeness (QED) is 0.413. The number of hydrogen-bond donors (Lipinski definition) is 1. The molecule has 0 spiro atoms. The Morgan fingerprint density at radius 2 is 2.13 bits per heavy atom. The highest BCUT2D eigenvalue weighted by molar-refractivity contribution is 9.10. The number of pyridine rings is 1. The Morgan fingerprint density at radius 1 is 1.30 bits per heavy atom. The van der Waals surface area contributed by atoms with E-state index in [9.17, 15) is 4.79 Å². The van der Waals surface area contributed by atoms with Crippen LogP contribution in [0.5, 0.6) is 5.75 Å². The highest BCUT2D eigenvalue weighted by atomic mass is 79.9. The zero-order valence-corrected chi connectivity index (χ0v) is 20.0. The molecule has 1 amide bonds. The van der Waals surface area contributed by atoms with E-state index in [1.165, 1.54) is 0 Å². The number of nitrogens with one attached hydrogen (secondary N) is 1. The Morgan fingerprint density at radius 3 is 2.93 bits per heavy atom. The number of aromatic nitrogens is 3. The van der Waals surface area contributed by atoms with Crippen LogP contribution < -0.4 is 10.1 Å². The molecule has 4 rings (SSSR count). The number of nitrogens with zero attached hydrogens (tertiary/aromatic N) is 3. The van der Waals surface area contributed by atoms with Gasteiger partial charge in [0.15, 0.2) is 5.65 Å². The van der Waals surface area contributed by atoms with Gasteiger partial charge in [-0.3, -0.25) is 4.79 Å². The van der Waals surface area contributed by atoms with Crippen molar-refractivity contribution < 1.29 is 14.3 Å². The third-order valence-corrected chi connectivity index (χ3v) is 7.05. The van der Waals surface area contributed by atoms with Gasteiger partial charge >= 0.3 is 0 Å². The monoisotopic (exact) mass is 488 g/mol. The van der Waals surface area contributed by atoms with Gasteiger partial charge in [-0.25, -0.2) is 9.67 Å². The number of halogens is 1. The summed E-state index contributed by atoms with van der Waals surface area (Å²) in [6.07, 6.45) is 1.76. The molecule has 0 bridgehead atoms. The number of hydrogen-bond acceptors (Lipinski definition) is 5. The largest absolute Gasteiger partial charge is 0.491 e. The van der Waals surface area contributed by atoms with E-state index in [1.54, 1.807) is 16.9 Å². The number of ether oxygens (including phenoxy) is 2. The van der Waals surface area contributed by atoms with Crippen LogP contribution in [-0.4, -0.2) is 48.5 Å². The van der Waals surface area contributed by atoms with Gasteiger partial charge in [-0.15, -0.1) is 0 Å². The Bertz CT molecular complexity index is 1090. The van der Waals surface area contributed by atoms with Gasteiger partial charge < -0.3 is 14.8 Å². The minimum atomic E-state index is -1.15. The number of rotatable bonds is 6. The fraction of sp³-hybridized carbons (Fsp3) is 0.381. The highest BCUT2D eigenvalue weighted by Crippen LogP contribution is 2.33. The maximum atomic E-state index is 12.2. The minimum absolute atomic E-state index is 0.121. The first kappa shape index (κ1) is 21.0. The predicted molar refractivity (Wildman–Crippen MR) is 123 cm³/mol. The summed E-state index contributed by atoms with van der Waals surface area (Å²) < 4.78 is 14.3. The molecule has 1 aliphatic rings. The van der Waals surface area contributed by atoms with Crippen molar-refractivity contribution in [2.75, 3.05) is 19.8 Å². The highest BCUT2D eigenvalue weighted by Gasteiger charge is 2.20. The van der Waals surface area contributed by atoms with Crippen LogP contribution in [0.4, 0.5) is 0 Å². The number of carbonyl (C=O) groups is 1. The topological polar surface area (TPSA) is 78.3 Å². The first-order valence-electron chi connectivity index (χ1n) is 9.97. The molecule has 3 heterocycles. The van der Waals surface area contributed by atoms with Crippen molar-refractivity contribution in [3.8, 4) is 17.0 Å². The third kappa shape index (κ3) is 4.58. The molecule has 3 aromatic rings. The van der Waals surface area contributed by atoms with Gasteiger partial charge in [0.05, 0.1) is 12.1 Å². The predicted octanol–water partition coefficient (Wildman–Crippen LogP) is 4.30. The van der Waals surface area contributed by atoms with E-state index in [1.807, 2.05) is 18.2 Å². The van der Waals surface area contributed by atoms with Crippen LogP contribution in [0.25, 0.3) is 22.3 Å². The van der Waals surface area contributed by atoms with Crippen LogP contribution in [0.3, 0.4) is 0 Å². The lowest BCUT2D eigenvalue weighted by molar-refractivity contribution is 0.0814. The molecule has 1 aromatic carbocycles. The van der Waals surface area contributed by atoms with Gasteiger partial charge in [-0.2, -0.15) is 5.10 Å². The van der Waals surface area contributed by atoms with Crippen LogP contribution in [0.1, 0.15) is 10.4 Å². The van der Waals surface area contributed by atoms with Gasteiger partial charge in [-0.05, 0) is 40.2 Å². The maximum Gasteiger partial charge on any atom is 0.255 e. The molecule has 30 heavy (non-hydrogen) atoms. The molecular weight excluding hydrogens is 464 g/mol. The second-order valence-electron chi connectivity index (χ2n) is 8.54. The second kappa shape index (κ2) is 8.48. The summed E-state index contributed by atoms with van der Waals surface area (Å²) in [6, 6.07) is 8.66. The van der Waals surface area contributed by atoms with Crippen LogP contribution in [0, 0.1) is 0 Å². The van der Waals surface area contributed by atoms with Gasteiger partial charge in [0.1, 0.15) is 24.8 Å². The summed E-state index contributed by atoms with van der Waals surface area (Å²) in [5.41, 5.74) is 2.95. The van der Waals surface area contributed by atoms with E-state index in [4.69, 9.17) is 14.6 Å². The molecule has 0 unspecified atom stereocenters. The van der Waals surface area contributed by atoms with Crippen LogP contribution in [-0.2, 0) is 11.5 Å². The van der Waals surface area contributed by atoms with E-state index in [0.717, 1.165) is 32.8 Å². The summed E-state index contributed by atoms with van der Waals surface area (Å²) in [5, 5.41) is 8.53. The summed E-state index contributed by atoms with van der Waals surface area (Å²) >= 11 is 3.51. The molecule has 0 atom stereocenters. The first-order valence-corrected chi connectivity index (χ1v) is 14.5. The van der Waals surface area contributed by atoms with Gasteiger partial charge in [0.2, 0.25) is 0 Å². The molecule has 158 valence electrons. The van der Waals surface area contributed by atoms with Crippen molar-refractivity contribution in [3.05, 3.63) is 40.5 Å². The smallest absolute Gasteiger partial charge is 0.255 e. The number of fused-ring (bicyclic) bond motifs is 2. The molecule has 9 heteroatoms. The lowest BCUT2D eigenvalue weighted by Gasteiger charge is -2.15. The van der Waals surface area contributed by atoms with Crippen molar-refractivity contribution in [3.63, 3.8) is 0 Å². The van der Waals surface area contributed by atoms with Crippen molar-refractivity contribution in [1.29, 1.82) is 0 Å². The molecule has 0 radical (unpaired) electrons.